The maximum absolute atomic E-state index is 12.5. The van der Waals surface area contributed by atoms with E-state index in [0.717, 1.165) is 0 Å². The van der Waals surface area contributed by atoms with Gasteiger partial charge in [-0.05, 0) is 47.0 Å². The minimum Gasteiger partial charge on any atom is -0.481 e. The van der Waals surface area contributed by atoms with E-state index >= 15 is 0 Å². The van der Waals surface area contributed by atoms with Crippen LogP contribution in [0.15, 0.2) is 0 Å². The van der Waals surface area contributed by atoms with E-state index in [-0.39, 0.29) is 6.42 Å². The zero-order chi connectivity index (χ0) is 67.0. The van der Waals surface area contributed by atoms with Gasteiger partial charge in [0.1, 0.15) is 146 Å². The van der Waals surface area contributed by atoms with E-state index in [1.54, 1.807) is 0 Å². The minimum absolute atomic E-state index is 0.224. The predicted octanol–water partition coefficient (Wildman–Crippen LogP) is -8.41. The first-order chi connectivity index (χ1) is 43.1. The lowest BCUT2D eigenvalue weighted by atomic mass is 9.95. The zero-order valence-corrected chi connectivity index (χ0v) is 51.1. The van der Waals surface area contributed by atoms with Gasteiger partial charge in [-0.15, -0.1) is 0 Å². The average Bonchev–Trinajstić information content (AvgIpc) is 0.826. The number of carboxylic acid groups (broad SMARTS) is 1. The average molecular weight is 1330 g/mol. The molecule has 7 rings (SSSR count). The molecule has 0 radical (unpaired) electrons. The number of ether oxygens (including phenoxy) is 14. The first kappa shape index (κ1) is 76.5. The highest BCUT2D eigenvalue weighted by Gasteiger charge is 2.59. The molecule has 20 N–H and O–H groups in total. The molecular weight excluding hydrogens is 1230 g/mol. The molecule has 0 aliphatic carbocycles. The molecule has 7 aliphatic rings. The number of hydrogen-bond donors (Lipinski definition) is 20. The summed E-state index contributed by atoms with van der Waals surface area (Å²) in [5.74, 6) is -1.19. The molecule has 0 amide bonds. The lowest BCUT2D eigenvalue weighted by molar-refractivity contribution is -0.414. The van der Waals surface area contributed by atoms with Crippen molar-refractivity contribution in [2.45, 2.75) is 326 Å². The van der Waals surface area contributed by atoms with Gasteiger partial charge in [-0.25, -0.2) is 0 Å². The summed E-state index contributed by atoms with van der Waals surface area (Å²) in [4.78, 5) is 11.7. The first-order valence-corrected chi connectivity index (χ1v) is 31.2. The van der Waals surface area contributed by atoms with Gasteiger partial charge in [-0.1, -0.05) is 45.4 Å². The fourth-order valence-corrected chi connectivity index (χ4v) is 12.2. The third kappa shape index (κ3) is 18.3. The van der Waals surface area contributed by atoms with Gasteiger partial charge in [0, 0.05) is 0 Å². The van der Waals surface area contributed by atoms with Gasteiger partial charge >= 0.3 is 5.97 Å². The van der Waals surface area contributed by atoms with Crippen LogP contribution < -0.4 is 0 Å². The minimum atomic E-state index is -2.24. The van der Waals surface area contributed by atoms with E-state index in [0.29, 0.717) is 51.4 Å². The van der Waals surface area contributed by atoms with Crippen LogP contribution in [-0.4, -0.2) is 355 Å². The van der Waals surface area contributed by atoms with E-state index in [1.807, 2.05) is 6.92 Å². The third-order valence-electron chi connectivity index (χ3n) is 17.8. The zero-order valence-electron chi connectivity index (χ0n) is 51.1. The van der Waals surface area contributed by atoms with E-state index in [1.165, 1.54) is 27.7 Å². The summed E-state index contributed by atoms with van der Waals surface area (Å²) in [6.07, 6.45) is -58.5. The number of carboxylic acids is 1. The second-order valence-corrected chi connectivity index (χ2v) is 24.6. The Hall–Kier alpha value is -1.85. The van der Waals surface area contributed by atoms with Gasteiger partial charge in [-0.3, -0.25) is 4.79 Å². The van der Waals surface area contributed by atoms with Crippen molar-refractivity contribution in [3.05, 3.63) is 0 Å². The molecule has 0 saturated carbocycles. The summed E-state index contributed by atoms with van der Waals surface area (Å²) in [6.45, 7) is 4.78. The van der Waals surface area contributed by atoms with Gasteiger partial charge in [0.25, 0.3) is 0 Å². The number of aliphatic carboxylic acids is 1. The Balaban J connectivity index is 1.08. The standard InChI is InChI=1S/C56H98O35/c1-6-12-23(13-10-8-7-9-11-14-24(15-28(60)61)83-52-43(76)37(70)32(65)25(16-57)84-52)82-54-47(38(71)31(64)21(4)80-54)91-56-49(40(73)34(67)27(18-59)86-56)90-53-44(77)46(45(22(5)81-53)87-50-41(74)35(68)29(62)19(2)78-50)88-55-48(39(72)33(66)26(17-58)85-55)89-51-42(75)36(69)30(63)20(3)79-51/h19-27,29-59,62-77H,6-18H2,1-5H3,(H,60,61)/t19-,20-,21-,22+,23+,24+,25-,26-,27-,29-,30-,31+,32-,33-,34-,35+,36+,37+,38+,39+,40+,41-,42-,43-,44-,45+,46+,47-,48-,49-,50+,51+,52-,53+,54+,55+,56+/m1/s1. The summed E-state index contributed by atoms with van der Waals surface area (Å²) in [5, 5.41) is 216. The fraction of sp³-hybridized carbons (Fsp3) is 0.982. The first-order valence-electron chi connectivity index (χ1n) is 31.2. The van der Waals surface area contributed by atoms with Crippen LogP contribution in [0.1, 0.15) is 98.8 Å². The topological polar surface area (TPSA) is 551 Å². The van der Waals surface area contributed by atoms with Crippen molar-refractivity contribution >= 4 is 5.97 Å². The van der Waals surface area contributed by atoms with Crippen LogP contribution in [0.4, 0.5) is 0 Å². The molecule has 7 aliphatic heterocycles. The van der Waals surface area contributed by atoms with Crippen molar-refractivity contribution in [1.82, 2.24) is 0 Å². The number of aliphatic hydroxyl groups is 19. The van der Waals surface area contributed by atoms with Crippen molar-refractivity contribution in [3.63, 3.8) is 0 Å². The number of unbranched alkanes of at least 4 members (excludes halogenated alkanes) is 4. The Morgan fingerprint density at radius 3 is 1.13 bits per heavy atom. The van der Waals surface area contributed by atoms with Gasteiger partial charge in [-0.2, -0.15) is 0 Å². The predicted molar refractivity (Wildman–Crippen MR) is 294 cm³/mol. The van der Waals surface area contributed by atoms with Gasteiger partial charge in [0.2, 0.25) is 0 Å². The molecule has 0 aromatic heterocycles. The molecule has 91 heavy (non-hydrogen) atoms. The number of hydrogen-bond acceptors (Lipinski definition) is 34. The van der Waals surface area contributed by atoms with Crippen molar-refractivity contribution in [2.75, 3.05) is 19.8 Å². The van der Waals surface area contributed by atoms with Crippen LogP contribution in [0.25, 0.3) is 0 Å². The lowest BCUT2D eigenvalue weighted by Crippen LogP contribution is -2.69. The third-order valence-corrected chi connectivity index (χ3v) is 17.8. The second kappa shape index (κ2) is 34.6. The largest absolute Gasteiger partial charge is 0.481 e. The van der Waals surface area contributed by atoms with Crippen LogP contribution in [0.5, 0.6) is 0 Å². The highest BCUT2D eigenvalue weighted by Crippen LogP contribution is 2.39. The Kier molecular flexibility index (Phi) is 29.1. The summed E-state index contributed by atoms with van der Waals surface area (Å²) < 4.78 is 84.0. The molecule has 0 aromatic carbocycles. The maximum Gasteiger partial charge on any atom is 0.305 e. The molecule has 7 saturated heterocycles. The lowest BCUT2D eigenvalue weighted by Gasteiger charge is -2.51. The fourth-order valence-electron chi connectivity index (χ4n) is 12.2. The van der Waals surface area contributed by atoms with Gasteiger partial charge in [0.15, 0.2) is 44.0 Å². The molecule has 0 bridgehead atoms. The van der Waals surface area contributed by atoms with Crippen LogP contribution in [-0.2, 0) is 71.1 Å². The Morgan fingerprint density at radius 1 is 0.330 bits per heavy atom. The molecule has 7 fully saturated rings. The molecular formula is C56H98O35. The Bertz CT molecular complexity index is 2150. The summed E-state index contributed by atoms with van der Waals surface area (Å²) in [6, 6.07) is 0. The van der Waals surface area contributed by atoms with Crippen LogP contribution in [0.3, 0.4) is 0 Å². The molecule has 7 heterocycles. The highest BCUT2D eigenvalue weighted by atomic mass is 16.8. The quantitative estimate of drug-likeness (QED) is 0.0309. The molecule has 0 unspecified atom stereocenters. The van der Waals surface area contributed by atoms with E-state index < -0.39 is 259 Å². The van der Waals surface area contributed by atoms with Crippen molar-refractivity contribution in [2.24, 2.45) is 0 Å². The molecule has 0 spiro atoms. The van der Waals surface area contributed by atoms with Crippen molar-refractivity contribution in [3.8, 4) is 0 Å². The van der Waals surface area contributed by atoms with E-state index in [2.05, 4.69) is 0 Å². The molecule has 37 atom stereocenters. The maximum atomic E-state index is 12.5. The number of rotatable bonds is 29. The number of aliphatic hydroxyl groups excluding tert-OH is 19. The summed E-state index contributed by atoms with van der Waals surface area (Å²) in [5.41, 5.74) is 0. The second-order valence-electron chi connectivity index (χ2n) is 24.6. The molecule has 35 heteroatoms. The van der Waals surface area contributed by atoms with Crippen LogP contribution in [0, 0.1) is 0 Å². The summed E-state index contributed by atoms with van der Waals surface area (Å²) >= 11 is 0. The molecule has 532 valence electrons. The van der Waals surface area contributed by atoms with Crippen LogP contribution in [0.2, 0.25) is 0 Å². The monoisotopic (exact) mass is 1330 g/mol. The molecule has 35 nitrogen and oxygen atoms in total. The van der Waals surface area contributed by atoms with Gasteiger partial charge in [0.05, 0.1) is 62.9 Å². The van der Waals surface area contributed by atoms with Crippen molar-refractivity contribution < 1.29 is 173 Å². The SMILES string of the molecule is CCC[C@@H](CCCCCCC[C@@H](CC(=O)O)O[C@@H]1O[C@H](CO)[C@@H](O)[C@H](O)[C@H]1O)O[C@@H]1O[C@H](C)[C@H](O)[C@H](O)[C@H]1O[C@@H]1O[C@H](CO)[C@@H](O)[C@H](O)[C@H]1O[C@@H]1O[C@@H](C)[C@H](O[C@@H]2O[C@H](C)[C@@H](O)[C@H](O)[C@H]2O)[C@@H](O[C@@H]2O[C@H](CO)[C@@H](O)[C@H](O)[C@H]2O[C@@H]2O[C@H](C)[C@@H](O)[C@H](O)[C@H]2O)[C@H]1O. The normalized spacial score (nSPS) is 48.2. The molecule has 0 aromatic rings. The number of carbonyl (C=O) groups is 1. The van der Waals surface area contributed by atoms with Crippen molar-refractivity contribution in [1.29, 1.82) is 0 Å². The van der Waals surface area contributed by atoms with Crippen LogP contribution >= 0.6 is 0 Å². The highest BCUT2D eigenvalue weighted by molar-refractivity contribution is 5.67. The Morgan fingerprint density at radius 2 is 0.659 bits per heavy atom. The van der Waals surface area contributed by atoms with E-state index in [9.17, 15) is 107 Å². The van der Waals surface area contributed by atoms with Gasteiger partial charge < -0.3 is 168 Å². The smallest absolute Gasteiger partial charge is 0.305 e. The summed E-state index contributed by atoms with van der Waals surface area (Å²) in [7, 11) is 0. The Labute approximate surface area is 523 Å². The van der Waals surface area contributed by atoms with E-state index in [4.69, 9.17) is 66.3 Å².